The first-order chi connectivity index (χ1) is 14.6. The SMILES string of the molecule is O=C(CSc1ncccc1C(=O)Nc1cccc(Br)c1)Nc1ccc2c(c1)OCO2. The van der Waals surface area contributed by atoms with Gasteiger partial charge in [-0.25, -0.2) is 4.98 Å². The number of aromatic nitrogens is 1. The Morgan fingerprint density at radius 1 is 1.00 bits per heavy atom. The lowest BCUT2D eigenvalue weighted by atomic mass is 10.2. The molecular weight excluding hydrogens is 470 g/mol. The Kier molecular flexibility index (Phi) is 6.20. The number of rotatable bonds is 6. The highest BCUT2D eigenvalue weighted by Gasteiger charge is 2.16. The maximum Gasteiger partial charge on any atom is 0.258 e. The zero-order valence-corrected chi connectivity index (χ0v) is 18.0. The molecule has 0 aliphatic carbocycles. The molecule has 0 atom stereocenters. The summed E-state index contributed by atoms with van der Waals surface area (Å²) < 4.78 is 11.4. The Balaban J connectivity index is 1.39. The second-order valence-electron chi connectivity index (χ2n) is 6.23. The second kappa shape index (κ2) is 9.19. The van der Waals surface area contributed by atoms with Crippen molar-refractivity contribution in [2.75, 3.05) is 23.2 Å². The predicted molar refractivity (Wildman–Crippen MR) is 118 cm³/mol. The lowest BCUT2D eigenvalue weighted by Crippen LogP contribution is -2.16. The minimum atomic E-state index is -0.292. The van der Waals surface area contributed by atoms with E-state index in [0.29, 0.717) is 33.5 Å². The van der Waals surface area contributed by atoms with Gasteiger partial charge in [-0.2, -0.15) is 0 Å². The van der Waals surface area contributed by atoms with Crippen molar-refractivity contribution in [2.24, 2.45) is 0 Å². The summed E-state index contributed by atoms with van der Waals surface area (Å²) in [7, 11) is 0. The van der Waals surface area contributed by atoms with Crippen molar-refractivity contribution < 1.29 is 19.1 Å². The van der Waals surface area contributed by atoms with Crippen molar-refractivity contribution in [1.29, 1.82) is 0 Å². The number of carbonyl (C=O) groups is 2. The molecule has 2 heterocycles. The van der Waals surface area contributed by atoms with E-state index in [1.54, 1.807) is 48.7 Å². The maximum atomic E-state index is 12.7. The first kappa shape index (κ1) is 20.2. The number of benzene rings is 2. The largest absolute Gasteiger partial charge is 0.454 e. The molecule has 2 N–H and O–H groups in total. The lowest BCUT2D eigenvalue weighted by molar-refractivity contribution is -0.113. The molecule has 2 amide bonds. The maximum absolute atomic E-state index is 12.7. The van der Waals surface area contributed by atoms with Crippen LogP contribution in [-0.4, -0.2) is 29.3 Å². The van der Waals surface area contributed by atoms with Crippen molar-refractivity contribution in [1.82, 2.24) is 4.98 Å². The third kappa shape index (κ3) is 4.92. The van der Waals surface area contributed by atoms with E-state index >= 15 is 0 Å². The standard InChI is InChI=1S/C21H16BrN3O4S/c22-13-3-1-4-14(9-13)25-20(27)16-5-2-8-23-21(16)30-11-19(26)24-15-6-7-17-18(10-15)29-12-28-17/h1-10H,11-12H2,(H,24,26)(H,25,27). The van der Waals surface area contributed by atoms with E-state index in [-0.39, 0.29) is 24.4 Å². The summed E-state index contributed by atoms with van der Waals surface area (Å²) in [5.41, 5.74) is 1.67. The first-order valence-electron chi connectivity index (χ1n) is 8.93. The van der Waals surface area contributed by atoms with Crippen LogP contribution in [0.25, 0.3) is 0 Å². The van der Waals surface area contributed by atoms with E-state index < -0.39 is 0 Å². The average molecular weight is 486 g/mol. The fraction of sp³-hybridized carbons (Fsp3) is 0.0952. The Morgan fingerprint density at radius 3 is 2.70 bits per heavy atom. The van der Waals surface area contributed by atoms with Crippen LogP contribution in [-0.2, 0) is 4.79 Å². The number of hydrogen-bond acceptors (Lipinski definition) is 6. The normalized spacial score (nSPS) is 11.8. The minimum absolute atomic E-state index is 0.0998. The van der Waals surface area contributed by atoms with E-state index in [2.05, 4.69) is 31.5 Å². The lowest BCUT2D eigenvalue weighted by Gasteiger charge is -2.10. The molecule has 1 aliphatic heterocycles. The molecule has 7 nitrogen and oxygen atoms in total. The molecular formula is C21H16BrN3O4S. The fourth-order valence-corrected chi connectivity index (χ4v) is 3.94. The smallest absolute Gasteiger partial charge is 0.258 e. The van der Waals surface area contributed by atoms with Crippen LogP contribution < -0.4 is 20.1 Å². The number of fused-ring (bicyclic) bond motifs is 1. The number of amides is 2. The summed E-state index contributed by atoms with van der Waals surface area (Å²) in [6.45, 7) is 0.174. The molecule has 4 rings (SSSR count). The molecule has 1 aromatic heterocycles. The topological polar surface area (TPSA) is 89.6 Å². The molecule has 0 radical (unpaired) electrons. The van der Waals surface area contributed by atoms with Crippen molar-refractivity contribution in [3.05, 3.63) is 70.8 Å². The van der Waals surface area contributed by atoms with Crippen molar-refractivity contribution in [3.8, 4) is 11.5 Å². The highest BCUT2D eigenvalue weighted by Crippen LogP contribution is 2.34. The van der Waals surface area contributed by atoms with Gasteiger partial charge in [0.05, 0.1) is 11.3 Å². The highest BCUT2D eigenvalue weighted by molar-refractivity contribution is 9.10. The summed E-state index contributed by atoms with van der Waals surface area (Å²) in [6.07, 6.45) is 1.59. The van der Waals surface area contributed by atoms with Gasteiger partial charge in [0, 0.05) is 28.1 Å². The Morgan fingerprint density at radius 2 is 1.83 bits per heavy atom. The third-order valence-corrected chi connectivity index (χ3v) is 5.59. The molecule has 0 saturated heterocycles. The van der Waals surface area contributed by atoms with Crippen molar-refractivity contribution >= 4 is 50.9 Å². The minimum Gasteiger partial charge on any atom is -0.454 e. The fourth-order valence-electron chi connectivity index (χ4n) is 2.75. The van der Waals surface area contributed by atoms with Crippen LogP contribution in [0, 0.1) is 0 Å². The molecule has 0 bridgehead atoms. The molecule has 0 spiro atoms. The third-order valence-electron chi connectivity index (χ3n) is 4.09. The number of ether oxygens (including phenoxy) is 2. The van der Waals surface area contributed by atoms with Gasteiger partial charge in [0.15, 0.2) is 11.5 Å². The summed E-state index contributed by atoms with van der Waals surface area (Å²) in [4.78, 5) is 29.3. The molecule has 0 fully saturated rings. The number of pyridine rings is 1. The zero-order chi connectivity index (χ0) is 20.9. The van der Waals surface area contributed by atoms with E-state index in [4.69, 9.17) is 9.47 Å². The summed E-state index contributed by atoms with van der Waals surface area (Å²) >= 11 is 4.57. The average Bonchev–Trinajstić information content (AvgIpc) is 3.20. The second-order valence-corrected chi connectivity index (χ2v) is 8.11. The van der Waals surface area contributed by atoms with Crippen molar-refractivity contribution in [3.63, 3.8) is 0 Å². The number of carbonyl (C=O) groups excluding carboxylic acids is 2. The highest BCUT2D eigenvalue weighted by atomic mass is 79.9. The summed E-state index contributed by atoms with van der Waals surface area (Å²) in [5, 5.41) is 6.13. The van der Waals surface area contributed by atoms with Crippen LogP contribution in [0.15, 0.2) is 70.3 Å². The van der Waals surface area contributed by atoms with E-state index in [9.17, 15) is 9.59 Å². The number of nitrogens with zero attached hydrogens (tertiary/aromatic N) is 1. The van der Waals surface area contributed by atoms with Crippen LogP contribution in [0.2, 0.25) is 0 Å². The van der Waals surface area contributed by atoms with Gasteiger partial charge in [-0.3, -0.25) is 9.59 Å². The molecule has 9 heteroatoms. The van der Waals surface area contributed by atoms with Gasteiger partial charge in [-0.05, 0) is 42.5 Å². The van der Waals surface area contributed by atoms with Gasteiger partial charge in [0.25, 0.3) is 5.91 Å². The van der Waals surface area contributed by atoms with Gasteiger partial charge in [-0.15, -0.1) is 0 Å². The van der Waals surface area contributed by atoms with Gasteiger partial charge in [-0.1, -0.05) is 33.8 Å². The number of anilines is 2. The van der Waals surface area contributed by atoms with Gasteiger partial charge in [0.2, 0.25) is 12.7 Å². The number of nitrogens with one attached hydrogen (secondary N) is 2. The van der Waals surface area contributed by atoms with Crippen LogP contribution >= 0.6 is 27.7 Å². The molecule has 2 aromatic carbocycles. The summed E-state index contributed by atoms with van der Waals surface area (Å²) in [6, 6.07) is 15.9. The van der Waals surface area contributed by atoms with Gasteiger partial charge < -0.3 is 20.1 Å². The molecule has 1 aliphatic rings. The quantitative estimate of drug-likeness (QED) is 0.497. The first-order valence-corrected chi connectivity index (χ1v) is 10.7. The van der Waals surface area contributed by atoms with Crippen LogP contribution in [0.4, 0.5) is 11.4 Å². The summed E-state index contributed by atoms with van der Waals surface area (Å²) in [5.74, 6) is 0.833. The zero-order valence-electron chi connectivity index (χ0n) is 15.6. The van der Waals surface area contributed by atoms with Crippen LogP contribution in [0.3, 0.4) is 0 Å². The van der Waals surface area contributed by atoms with Crippen LogP contribution in [0.5, 0.6) is 11.5 Å². The Hall–Kier alpha value is -3.04. The van der Waals surface area contributed by atoms with Crippen LogP contribution in [0.1, 0.15) is 10.4 Å². The van der Waals surface area contributed by atoms with Gasteiger partial charge >= 0.3 is 0 Å². The van der Waals surface area contributed by atoms with E-state index in [1.165, 1.54) is 11.8 Å². The molecule has 30 heavy (non-hydrogen) atoms. The van der Waals surface area contributed by atoms with E-state index in [0.717, 1.165) is 4.47 Å². The van der Waals surface area contributed by atoms with Crippen molar-refractivity contribution in [2.45, 2.75) is 5.03 Å². The number of hydrogen-bond donors (Lipinski definition) is 2. The monoisotopic (exact) mass is 485 g/mol. The Bertz CT molecular complexity index is 1110. The Labute approximate surface area is 185 Å². The number of thioether (sulfide) groups is 1. The molecule has 3 aromatic rings. The molecule has 152 valence electrons. The van der Waals surface area contributed by atoms with Gasteiger partial charge in [0.1, 0.15) is 5.03 Å². The predicted octanol–water partition coefficient (Wildman–Crippen LogP) is 4.56. The van der Waals surface area contributed by atoms with E-state index in [1.807, 2.05) is 12.1 Å². The molecule has 0 saturated carbocycles. The molecule has 0 unspecified atom stereocenters. The number of halogens is 1.